The first-order valence-corrected chi connectivity index (χ1v) is 8.11. The van der Waals surface area contributed by atoms with Gasteiger partial charge in [0.05, 0.1) is 19.8 Å². The van der Waals surface area contributed by atoms with E-state index >= 15 is 0 Å². The maximum atomic E-state index is 5.92. The Morgan fingerprint density at radius 2 is 2.22 bits per heavy atom. The summed E-state index contributed by atoms with van der Waals surface area (Å²) < 4.78 is 5.34. The summed E-state index contributed by atoms with van der Waals surface area (Å²) in [7, 11) is 3.94. The summed E-state index contributed by atoms with van der Waals surface area (Å²) in [6, 6.07) is 3.98. The molecule has 1 aliphatic rings. The van der Waals surface area contributed by atoms with Crippen LogP contribution in [0.4, 0.5) is 5.82 Å². The summed E-state index contributed by atoms with van der Waals surface area (Å²) >= 11 is 0. The number of anilines is 1. The first-order chi connectivity index (χ1) is 11.1. The van der Waals surface area contributed by atoms with E-state index in [4.69, 9.17) is 10.5 Å². The zero-order valence-electron chi connectivity index (χ0n) is 14.2. The molecular weight excluding hydrogens is 292 g/mol. The summed E-state index contributed by atoms with van der Waals surface area (Å²) in [6.45, 7) is 6.22. The average molecular weight is 320 g/mol. The first-order valence-electron chi connectivity index (χ1n) is 8.11. The minimum atomic E-state index is 0.496. The predicted molar refractivity (Wildman–Crippen MR) is 93.8 cm³/mol. The van der Waals surface area contributed by atoms with Gasteiger partial charge in [0.25, 0.3) is 0 Å². The highest BCUT2D eigenvalue weighted by Crippen LogP contribution is 2.10. The topological polar surface area (TPSA) is 79.0 Å². The van der Waals surface area contributed by atoms with Gasteiger partial charge in [0.15, 0.2) is 5.96 Å². The quantitative estimate of drug-likeness (QED) is 0.427. The van der Waals surface area contributed by atoms with Gasteiger partial charge in [-0.05, 0) is 30.7 Å². The second-order valence-electron chi connectivity index (χ2n) is 5.85. The number of nitrogens with one attached hydrogen (secondary N) is 1. The van der Waals surface area contributed by atoms with Gasteiger partial charge >= 0.3 is 0 Å². The molecule has 0 amide bonds. The van der Waals surface area contributed by atoms with Gasteiger partial charge in [-0.3, -0.25) is 4.90 Å². The molecule has 1 aliphatic heterocycles. The molecule has 1 fully saturated rings. The highest BCUT2D eigenvalue weighted by molar-refractivity contribution is 5.77. The number of aromatic nitrogens is 1. The van der Waals surface area contributed by atoms with E-state index < -0.39 is 0 Å². The monoisotopic (exact) mass is 320 g/mol. The van der Waals surface area contributed by atoms with Crippen molar-refractivity contribution >= 4 is 11.8 Å². The van der Waals surface area contributed by atoms with Crippen LogP contribution in [0.3, 0.4) is 0 Å². The van der Waals surface area contributed by atoms with E-state index in [1.807, 2.05) is 31.1 Å². The number of pyridine rings is 1. The van der Waals surface area contributed by atoms with Crippen molar-refractivity contribution in [3.63, 3.8) is 0 Å². The molecule has 23 heavy (non-hydrogen) atoms. The van der Waals surface area contributed by atoms with Crippen LogP contribution in [0.5, 0.6) is 0 Å². The van der Waals surface area contributed by atoms with Gasteiger partial charge in [-0.2, -0.15) is 0 Å². The van der Waals surface area contributed by atoms with E-state index in [0.717, 1.165) is 57.2 Å². The Hall–Kier alpha value is -1.86. The van der Waals surface area contributed by atoms with Gasteiger partial charge in [0, 0.05) is 39.9 Å². The smallest absolute Gasteiger partial charge is 0.188 e. The highest BCUT2D eigenvalue weighted by Gasteiger charge is 2.08. The lowest BCUT2D eigenvalue weighted by Gasteiger charge is -2.26. The molecule has 0 atom stereocenters. The van der Waals surface area contributed by atoms with Crippen molar-refractivity contribution in [1.29, 1.82) is 0 Å². The standard InChI is InChI=1S/C16H28N6O/c1-21(2)15-12-14(4-6-18-15)13-20-16(17)19-5-3-7-22-8-10-23-11-9-22/h4,6,12H,3,5,7-11,13H2,1-2H3,(H3,17,19,20). The van der Waals surface area contributed by atoms with E-state index in [-0.39, 0.29) is 0 Å². The molecule has 1 aromatic rings. The normalized spacial score (nSPS) is 16.3. The number of ether oxygens (including phenoxy) is 1. The van der Waals surface area contributed by atoms with Crippen LogP contribution in [-0.4, -0.2) is 69.3 Å². The molecule has 0 unspecified atom stereocenters. The van der Waals surface area contributed by atoms with Crippen LogP contribution in [0.1, 0.15) is 12.0 Å². The summed E-state index contributed by atoms with van der Waals surface area (Å²) in [5.74, 6) is 1.42. The molecule has 0 spiro atoms. The summed E-state index contributed by atoms with van der Waals surface area (Å²) in [5, 5.41) is 3.17. The van der Waals surface area contributed by atoms with Gasteiger partial charge in [0.1, 0.15) is 5.82 Å². The molecule has 0 bridgehead atoms. The Kier molecular flexibility index (Phi) is 7.09. The molecule has 0 aliphatic carbocycles. The zero-order valence-corrected chi connectivity index (χ0v) is 14.2. The van der Waals surface area contributed by atoms with E-state index in [0.29, 0.717) is 12.5 Å². The fourth-order valence-electron chi connectivity index (χ4n) is 2.38. The predicted octanol–water partition coefficient (Wildman–Crippen LogP) is 0.274. The minimum absolute atomic E-state index is 0.496. The van der Waals surface area contributed by atoms with Gasteiger partial charge in [-0.25, -0.2) is 9.98 Å². The van der Waals surface area contributed by atoms with Crippen LogP contribution in [0, 0.1) is 0 Å². The Labute approximate surface area is 138 Å². The van der Waals surface area contributed by atoms with Gasteiger partial charge in [0.2, 0.25) is 0 Å². The number of guanidine groups is 1. The van der Waals surface area contributed by atoms with Crippen molar-refractivity contribution in [3.8, 4) is 0 Å². The Morgan fingerprint density at radius 3 is 2.96 bits per heavy atom. The fourth-order valence-corrected chi connectivity index (χ4v) is 2.38. The summed E-state index contributed by atoms with van der Waals surface area (Å²) in [4.78, 5) is 13.1. The van der Waals surface area contributed by atoms with Crippen molar-refractivity contribution in [2.75, 3.05) is 58.4 Å². The summed E-state index contributed by atoms with van der Waals surface area (Å²) in [6.07, 6.45) is 2.85. The molecule has 2 heterocycles. The Bertz CT molecular complexity index is 499. The van der Waals surface area contributed by atoms with Gasteiger partial charge < -0.3 is 20.7 Å². The summed E-state index contributed by atoms with van der Waals surface area (Å²) in [5.41, 5.74) is 7.02. The van der Waals surface area contributed by atoms with Crippen LogP contribution in [0.15, 0.2) is 23.3 Å². The number of morpholine rings is 1. The molecule has 7 nitrogen and oxygen atoms in total. The molecule has 0 saturated carbocycles. The molecule has 0 radical (unpaired) electrons. The van der Waals surface area contributed by atoms with Crippen LogP contribution >= 0.6 is 0 Å². The fraction of sp³-hybridized carbons (Fsp3) is 0.625. The molecule has 128 valence electrons. The highest BCUT2D eigenvalue weighted by atomic mass is 16.5. The lowest BCUT2D eigenvalue weighted by molar-refractivity contribution is 0.0376. The minimum Gasteiger partial charge on any atom is -0.379 e. The third kappa shape index (κ3) is 6.42. The number of nitrogens with zero attached hydrogens (tertiary/aromatic N) is 4. The number of aliphatic imine (C=N–C) groups is 1. The van der Waals surface area contributed by atoms with Crippen molar-refractivity contribution < 1.29 is 4.74 Å². The van der Waals surface area contributed by atoms with Crippen LogP contribution < -0.4 is 16.0 Å². The number of rotatable bonds is 7. The third-order valence-electron chi connectivity index (χ3n) is 3.76. The Morgan fingerprint density at radius 1 is 1.43 bits per heavy atom. The van der Waals surface area contributed by atoms with Crippen molar-refractivity contribution in [1.82, 2.24) is 15.2 Å². The maximum Gasteiger partial charge on any atom is 0.188 e. The number of hydrogen-bond acceptors (Lipinski definition) is 5. The second-order valence-corrected chi connectivity index (χ2v) is 5.85. The van der Waals surface area contributed by atoms with Crippen LogP contribution in [0.2, 0.25) is 0 Å². The van der Waals surface area contributed by atoms with E-state index in [1.54, 1.807) is 6.20 Å². The van der Waals surface area contributed by atoms with Crippen LogP contribution in [-0.2, 0) is 11.3 Å². The molecule has 0 aromatic carbocycles. The molecule has 1 aromatic heterocycles. The molecule has 3 N–H and O–H groups in total. The van der Waals surface area contributed by atoms with Crippen molar-refractivity contribution in [2.24, 2.45) is 10.7 Å². The van der Waals surface area contributed by atoms with Gasteiger partial charge in [-0.1, -0.05) is 0 Å². The number of nitrogens with two attached hydrogens (primary N) is 1. The molecule has 1 saturated heterocycles. The lowest BCUT2D eigenvalue weighted by Crippen LogP contribution is -2.39. The maximum absolute atomic E-state index is 5.92. The SMILES string of the molecule is CN(C)c1cc(CN=C(N)NCCCN2CCOCC2)ccn1. The number of hydrogen-bond donors (Lipinski definition) is 2. The van der Waals surface area contributed by atoms with Gasteiger partial charge in [-0.15, -0.1) is 0 Å². The first kappa shape index (κ1) is 17.5. The van der Waals surface area contributed by atoms with E-state index in [1.165, 1.54) is 0 Å². The van der Waals surface area contributed by atoms with Crippen LogP contribution in [0.25, 0.3) is 0 Å². The van der Waals surface area contributed by atoms with Crippen molar-refractivity contribution in [2.45, 2.75) is 13.0 Å². The second kappa shape index (κ2) is 9.32. The molecule has 2 rings (SSSR count). The molecular formula is C16H28N6O. The largest absolute Gasteiger partial charge is 0.379 e. The van der Waals surface area contributed by atoms with Crippen molar-refractivity contribution in [3.05, 3.63) is 23.9 Å². The molecule has 7 heteroatoms. The third-order valence-corrected chi connectivity index (χ3v) is 3.76. The van der Waals surface area contributed by atoms with E-state index in [9.17, 15) is 0 Å². The van der Waals surface area contributed by atoms with E-state index in [2.05, 4.69) is 20.2 Å². The lowest BCUT2D eigenvalue weighted by atomic mass is 10.2. The average Bonchev–Trinajstić information content (AvgIpc) is 2.58. The zero-order chi connectivity index (χ0) is 16.5. The Balaban J connectivity index is 1.67.